The molecule has 0 radical (unpaired) electrons. The van der Waals surface area contributed by atoms with Crippen LogP contribution in [-0.4, -0.2) is 16.6 Å². The highest BCUT2D eigenvalue weighted by atomic mass is 79.9. The van der Waals surface area contributed by atoms with Crippen LogP contribution >= 0.6 is 15.9 Å². The largest absolute Gasteiger partial charge is 0.427 e. The summed E-state index contributed by atoms with van der Waals surface area (Å²) < 4.78 is 29.9. The van der Waals surface area contributed by atoms with Gasteiger partial charge in [-0.15, -0.1) is 0 Å². The maximum absolute atomic E-state index is 12.6. The second-order valence-corrected chi connectivity index (χ2v) is 3.94. The molecule has 0 aliphatic heterocycles. The van der Waals surface area contributed by atoms with Crippen molar-refractivity contribution in [1.29, 1.82) is 0 Å². The van der Waals surface area contributed by atoms with Crippen LogP contribution in [0.15, 0.2) is 24.3 Å². The molecule has 0 fully saturated rings. The molecule has 0 aliphatic rings. The summed E-state index contributed by atoms with van der Waals surface area (Å²) in [5.41, 5.74) is -0.169. The Kier molecular flexibility index (Phi) is 3.74. The Morgan fingerprint density at radius 3 is 2.12 bits per heavy atom. The fourth-order valence-electron chi connectivity index (χ4n) is 1.00. The van der Waals surface area contributed by atoms with Crippen molar-refractivity contribution < 1.29 is 23.1 Å². The van der Waals surface area contributed by atoms with Crippen LogP contribution < -0.4 is 4.74 Å². The number of esters is 1. The maximum Gasteiger partial charge on any atom is 0.363 e. The molecule has 86 valence electrons. The van der Waals surface area contributed by atoms with Gasteiger partial charge in [0.25, 0.3) is 0 Å². The minimum Gasteiger partial charge on any atom is -0.427 e. The predicted molar refractivity (Wildman–Crippen MR) is 56.0 cm³/mol. The van der Waals surface area contributed by atoms with Crippen molar-refractivity contribution in [2.24, 2.45) is 0 Å². The number of rotatable bonds is 3. The van der Waals surface area contributed by atoms with Crippen molar-refractivity contribution in [2.45, 2.75) is 11.8 Å². The molecule has 0 bridgehead atoms. The van der Waals surface area contributed by atoms with Crippen molar-refractivity contribution in [3.63, 3.8) is 0 Å². The lowest BCUT2D eigenvalue weighted by molar-refractivity contribution is -0.131. The van der Waals surface area contributed by atoms with Crippen molar-refractivity contribution in [3.05, 3.63) is 29.8 Å². The van der Waals surface area contributed by atoms with Crippen LogP contribution in [0, 0.1) is 0 Å². The number of benzene rings is 1. The lowest BCUT2D eigenvalue weighted by Crippen LogP contribution is -2.20. The summed E-state index contributed by atoms with van der Waals surface area (Å²) >= 11 is 1.97. The molecule has 16 heavy (non-hydrogen) atoms. The molecule has 0 saturated heterocycles. The van der Waals surface area contributed by atoms with Gasteiger partial charge in [-0.3, -0.25) is 9.59 Å². The summed E-state index contributed by atoms with van der Waals surface area (Å²) in [7, 11) is 0. The number of ether oxygens (including phenoxy) is 1. The molecule has 1 aromatic carbocycles. The summed E-state index contributed by atoms with van der Waals surface area (Å²) in [6, 6.07) is 4.87. The van der Waals surface area contributed by atoms with Crippen molar-refractivity contribution in [3.8, 4) is 5.75 Å². The van der Waals surface area contributed by atoms with E-state index in [9.17, 15) is 18.4 Å². The summed E-state index contributed by atoms with van der Waals surface area (Å²) in [4.78, 5) is 18.1. The summed E-state index contributed by atoms with van der Waals surface area (Å²) in [5, 5.41) is 0. The number of alkyl halides is 3. The maximum atomic E-state index is 12.6. The molecular formula is C10H7BrF2O3. The van der Waals surface area contributed by atoms with Gasteiger partial charge in [0.05, 0.1) is 0 Å². The highest BCUT2D eigenvalue weighted by molar-refractivity contribution is 9.10. The van der Waals surface area contributed by atoms with Crippen molar-refractivity contribution in [1.82, 2.24) is 0 Å². The number of hydrogen-bond acceptors (Lipinski definition) is 3. The lowest BCUT2D eigenvalue weighted by atomic mass is 10.1. The minimum absolute atomic E-state index is 0.169. The third-order valence-electron chi connectivity index (χ3n) is 1.64. The first-order chi connectivity index (χ1) is 7.30. The Labute approximate surface area is 98.5 Å². The summed E-state index contributed by atoms with van der Waals surface area (Å²) in [5.74, 6) is -1.67. The molecule has 1 aromatic rings. The van der Waals surface area contributed by atoms with Gasteiger partial charge >= 0.3 is 10.8 Å². The normalized spacial score (nSPS) is 11.0. The van der Waals surface area contributed by atoms with Gasteiger partial charge in [0, 0.05) is 12.5 Å². The van der Waals surface area contributed by atoms with E-state index < -0.39 is 16.6 Å². The molecule has 0 aliphatic carbocycles. The van der Waals surface area contributed by atoms with Crippen molar-refractivity contribution in [2.75, 3.05) is 0 Å². The molecule has 6 heteroatoms. The average molecular weight is 293 g/mol. The van der Waals surface area contributed by atoms with Crippen LogP contribution in [0.2, 0.25) is 0 Å². The fourth-order valence-corrected chi connectivity index (χ4v) is 1.23. The second kappa shape index (κ2) is 4.69. The van der Waals surface area contributed by atoms with Crippen LogP contribution in [-0.2, 0) is 4.79 Å². The Morgan fingerprint density at radius 2 is 1.75 bits per heavy atom. The van der Waals surface area contributed by atoms with Crippen LogP contribution in [0.5, 0.6) is 5.75 Å². The van der Waals surface area contributed by atoms with Gasteiger partial charge in [0.1, 0.15) is 5.75 Å². The Hall–Kier alpha value is -1.30. The molecule has 0 atom stereocenters. The van der Waals surface area contributed by atoms with E-state index in [1.807, 2.05) is 15.9 Å². The van der Waals surface area contributed by atoms with Crippen molar-refractivity contribution >= 4 is 27.7 Å². The van der Waals surface area contributed by atoms with E-state index in [1.165, 1.54) is 19.1 Å². The summed E-state index contributed by atoms with van der Waals surface area (Å²) in [6.07, 6.45) is 0. The van der Waals surface area contributed by atoms with E-state index >= 15 is 0 Å². The van der Waals surface area contributed by atoms with Gasteiger partial charge in [-0.05, 0) is 40.2 Å². The van der Waals surface area contributed by atoms with Gasteiger partial charge in [-0.2, -0.15) is 8.78 Å². The Bertz CT molecular complexity index is 409. The van der Waals surface area contributed by atoms with Gasteiger partial charge in [0.15, 0.2) is 0 Å². The first-order valence-electron chi connectivity index (χ1n) is 4.20. The van der Waals surface area contributed by atoms with E-state index in [2.05, 4.69) is 4.74 Å². The number of ketones is 1. The molecule has 0 aromatic heterocycles. The van der Waals surface area contributed by atoms with Crippen LogP contribution in [0.1, 0.15) is 17.3 Å². The quantitative estimate of drug-likeness (QED) is 0.372. The highest BCUT2D eigenvalue weighted by Crippen LogP contribution is 2.27. The number of hydrogen-bond donors (Lipinski definition) is 0. The Balaban J connectivity index is 2.87. The van der Waals surface area contributed by atoms with Crippen LogP contribution in [0.25, 0.3) is 0 Å². The third kappa shape index (κ3) is 3.37. The van der Waals surface area contributed by atoms with E-state index in [1.54, 1.807) is 0 Å². The van der Waals surface area contributed by atoms with Crippen LogP contribution in [0.3, 0.4) is 0 Å². The Morgan fingerprint density at radius 1 is 1.25 bits per heavy atom. The zero-order valence-corrected chi connectivity index (χ0v) is 9.75. The molecule has 1 rings (SSSR count). The molecule has 0 unspecified atom stereocenters. The van der Waals surface area contributed by atoms with Gasteiger partial charge in [0.2, 0.25) is 5.78 Å². The fraction of sp³-hybridized carbons (Fsp3) is 0.200. The van der Waals surface area contributed by atoms with Gasteiger partial charge in [-0.25, -0.2) is 0 Å². The molecule has 0 amide bonds. The molecule has 0 spiro atoms. The zero-order valence-electron chi connectivity index (χ0n) is 8.17. The second-order valence-electron chi connectivity index (χ2n) is 2.94. The first-order valence-corrected chi connectivity index (χ1v) is 5.00. The number of halogens is 3. The highest BCUT2D eigenvalue weighted by Gasteiger charge is 2.35. The van der Waals surface area contributed by atoms with Gasteiger partial charge < -0.3 is 4.74 Å². The predicted octanol–water partition coefficient (Wildman–Crippen LogP) is 2.78. The topological polar surface area (TPSA) is 43.4 Å². The monoisotopic (exact) mass is 292 g/mol. The lowest BCUT2D eigenvalue weighted by Gasteiger charge is -2.07. The van der Waals surface area contributed by atoms with Gasteiger partial charge in [-0.1, -0.05) is 0 Å². The minimum atomic E-state index is -3.59. The third-order valence-corrected chi connectivity index (χ3v) is 2.00. The molecule has 0 N–H and O–H groups in total. The first kappa shape index (κ1) is 12.8. The van der Waals surface area contributed by atoms with E-state index in [0.29, 0.717) is 0 Å². The number of Topliss-reactive ketones (excluding diaryl/α,β-unsaturated/α-hetero) is 1. The smallest absolute Gasteiger partial charge is 0.363 e. The molecule has 3 nitrogen and oxygen atoms in total. The number of carbonyl (C=O) groups is 2. The van der Waals surface area contributed by atoms with Crippen LogP contribution in [0.4, 0.5) is 8.78 Å². The molecular weight excluding hydrogens is 286 g/mol. The van der Waals surface area contributed by atoms with E-state index in [4.69, 9.17) is 0 Å². The molecule has 0 saturated carbocycles. The van der Waals surface area contributed by atoms with E-state index in [0.717, 1.165) is 12.1 Å². The van der Waals surface area contributed by atoms with E-state index in [-0.39, 0.29) is 11.3 Å². The standard InChI is InChI=1S/C10H7BrF2O3/c1-6(14)16-8-4-2-7(3-5-8)9(15)10(11,12)13/h2-5H,1H3. The SMILES string of the molecule is CC(=O)Oc1ccc(C(=O)C(F)(F)Br)cc1. The summed E-state index contributed by atoms with van der Waals surface area (Å²) in [6.45, 7) is 1.21. The molecule has 0 heterocycles. The number of carbonyl (C=O) groups excluding carboxylic acids is 2. The zero-order chi connectivity index (χ0) is 12.3. The average Bonchev–Trinajstić information content (AvgIpc) is 2.15.